The summed E-state index contributed by atoms with van der Waals surface area (Å²) in [6, 6.07) is 5.48. The molecule has 0 atom stereocenters. The molecule has 0 saturated heterocycles. The van der Waals surface area contributed by atoms with E-state index in [0.717, 1.165) is 12.8 Å². The number of benzene rings is 1. The Labute approximate surface area is 181 Å². The van der Waals surface area contributed by atoms with Crippen LogP contribution in [-0.2, 0) is 6.42 Å². The predicted octanol–water partition coefficient (Wildman–Crippen LogP) is 2.77. The lowest BCUT2D eigenvalue weighted by molar-refractivity contribution is 0.394. The second kappa shape index (κ2) is 7.62. The van der Waals surface area contributed by atoms with Crippen molar-refractivity contribution in [1.29, 1.82) is 0 Å². The monoisotopic (exact) mass is 438 g/mol. The number of aromatic nitrogens is 6. The first kappa shape index (κ1) is 19.4. The molecule has 31 heavy (non-hydrogen) atoms. The average molecular weight is 439 g/mol. The lowest BCUT2D eigenvalue weighted by Gasteiger charge is -2.14. The molecule has 1 aliphatic carbocycles. The molecule has 0 spiro atoms. The molecule has 0 radical (unpaired) electrons. The molecule has 158 valence electrons. The quantitative estimate of drug-likeness (QED) is 0.465. The van der Waals surface area contributed by atoms with Crippen LogP contribution in [0.25, 0.3) is 22.3 Å². The normalized spacial score (nSPS) is 13.6. The van der Waals surface area contributed by atoms with Crippen molar-refractivity contribution >= 4 is 34.1 Å². The maximum atomic E-state index is 13.1. The summed E-state index contributed by atoms with van der Waals surface area (Å²) < 4.78 is 6.83. The van der Waals surface area contributed by atoms with Gasteiger partial charge in [0.25, 0.3) is 5.56 Å². The molecule has 1 saturated carbocycles. The van der Waals surface area contributed by atoms with Gasteiger partial charge >= 0.3 is 0 Å². The van der Waals surface area contributed by atoms with E-state index < -0.39 is 0 Å². The van der Waals surface area contributed by atoms with Crippen molar-refractivity contribution in [1.82, 2.24) is 29.7 Å². The SMILES string of the molecule is Cc1nc(-c2c(N)ncnc2NCCc2nc3cccc(Cl)c3c(=O)n2C2CC2)no1. The van der Waals surface area contributed by atoms with Gasteiger partial charge in [-0.15, -0.1) is 0 Å². The number of anilines is 2. The molecule has 4 aromatic rings. The Bertz CT molecular complexity index is 1350. The largest absolute Gasteiger partial charge is 0.383 e. The average Bonchev–Trinajstić information content (AvgIpc) is 3.48. The maximum Gasteiger partial charge on any atom is 0.263 e. The summed E-state index contributed by atoms with van der Waals surface area (Å²) in [7, 11) is 0. The lowest BCUT2D eigenvalue weighted by Crippen LogP contribution is -2.26. The van der Waals surface area contributed by atoms with E-state index in [1.807, 2.05) is 0 Å². The van der Waals surface area contributed by atoms with Gasteiger partial charge in [-0.1, -0.05) is 22.8 Å². The highest BCUT2D eigenvalue weighted by Gasteiger charge is 2.28. The van der Waals surface area contributed by atoms with Crippen molar-refractivity contribution in [3.05, 3.63) is 51.6 Å². The predicted molar refractivity (Wildman–Crippen MR) is 116 cm³/mol. The second-order valence-corrected chi connectivity index (χ2v) is 7.77. The van der Waals surface area contributed by atoms with Crippen LogP contribution in [0.15, 0.2) is 33.8 Å². The van der Waals surface area contributed by atoms with E-state index in [-0.39, 0.29) is 17.4 Å². The number of fused-ring (bicyclic) bond motifs is 1. The fourth-order valence-electron chi connectivity index (χ4n) is 3.58. The Balaban J connectivity index is 1.45. The first-order valence-electron chi connectivity index (χ1n) is 9.87. The fourth-order valence-corrected chi connectivity index (χ4v) is 3.83. The van der Waals surface area contributed by atoms with Gasteiger partial charge in [0, 0.05) is 25.9 Å². The number of nitrogens with zero attached hydrogens (tertiary/aromatic N) is 6. The van der Waals surface area contributed by atoms with Crippen molar-refractivity contribution in [2.45, 2.75) is 32.2 Å². The van der Waals surface area contributed by atoms with Crippen molar-refractivity contribution in [3.8, 4) is 11.4 Å². The van der Waals surface area contributed by atoms with Gasteiger partial charge in [0.15, 0.2) is 0 Å². The number of hydrogen-bond donors (Lipinski definition) is 2. The van der Waals surface area contributed by atoms with E-state index in [1.54, 1.807) is 29.7 Å². The first-order valence-corrected chi connectivity index (χ1v) is 10.3. The summed E-state index contributed by atoms with van der Waals surface area (Å²) >= 11 is 6.28. The molecule has 1 fully saturated rings. The van der Waals surface area contributed by atoms with Gasteiger partial charge < -0.3 is 15.6 Å². The third-order valence-corrected chi connectivity index (χ3v) is 5.45. The minimum atomic E-state index is -0.0951. The van der Waals surface area contributed by atoms with E-state index in [0.29, 0.717) is 57.8 Å². The summed E-state index contributed by atoms with van der Waals surface area (Å²) in [5, 5.41) is 8.04. The molecule has 0 bridgehead atoms. The smallest absolute Gasteiger partial charge is 0.263 e. The van der Waals surface area contributed by atoms with Crippen LogP contribution >= 0.6 is 11.6 Å². The van der Waals surface area contributed by atoms with Gasteiger partial charge in [-0.2, -0.15) is 4.98 Å². The van der Waals surface area contributed by atoms with Crippen LogP contribution < -0.4 is 16.6 Å². The van der Waals surface area contributed by atoms with Crippen LogP contribution in [0.2, 0.25) is 5.02 Å². The molecule has 0 aliphatic heterocycles. The van der Waals surface area contributed by atoms with Gasteiger partial charge in [0.05, 0.1) is 15.9 Å². The number of nitrogens with one attached hydrogen (secondary N) is 1. The van der Waals surface area contributed by atoms with E-state index in [9.17, 15) is 4.79 Å². The van der Waals surface area contributed by atoms with Crippen molar-refractivity contribution < 1.29 is 4.52 Å². The summed E-state index contributed by atoms with van der Waals surface area (Å²) in [4.78, 5) is 30.4. The Kier molecular flexibility index (Phi) is 4.78. The van der Waals surface area contributed by atoms with E-state index in [1.165, 1.54) is 6.33 Å². The Morgan fingerprint density at radius 3 is 2.87 bits per heavy atom. The van der Waals surface area contributed by atoms with Gasteiger partial charge in [-0.3, -0.25) is 9.36 Å². The molecule has 5 rings (SSSR count). The molecule has 3 aromatic heterocycles. The molecule has 1 aromatic carbocycles. The van der Waals surface area contributed by atoms with Crippen LogP contribution in [-0.4, -0.2) is 36.2 Å². The molecular weight excluding hydrogens is 420 g/mol. The number of nitrogens with two attached hydrogens (primary N) is 1. The molecule has 3 heterocycles. The molecule has 10 nitrogen and oxygen atoms in total. The number of rotatable bonds is 6. The molecule has 0 unspecified atom stereocenters. The van der Waals surface area contributed by atoms with Crippen molar-refractivity contribution in [2.24, 2.45) is 0 Å². The van der Waals surface area contributed by atoms with Crippen LogP contribution in [0.5, 0.6) is 0 Å². The van der Waals surface area contributed by atoms with Gasteiger partial charge in [0.2, 0.25) is 11.7 Å². The number of nitrogen functional groups attached to an aromatic ring is 1. The van der Waals surface area contributed by atoms with E-state index in [2.05, 4.69) is 25.4 Å². The number of hydrogen-bond acceptors (Lipinski definition) is 9. The summed E-state index contributed by atoms with van der Waals surface area (Å²) in [6.07, 6.45) is 3.79. The van der Waals surface area contributed by atoms with E-state index >= 15 is 0 Å². The van der Waals surface area contributed by atoms with Crippen molar-refractivity contribution in [3.63, 3.8) is 0 Å². The summed E-state index contributed by atoms with van der Waals surface area (Å²) in [6.45, 7) is 2.16. The second-order valence-electron chi connectivity index (χ2n) is 7.36. The Hall–Kier alpha value is -3.53. The molecule has 1 aliphatic rings. The van der Waals surface area contributed by atoms with E-state index in [4.69, 9.17) is 26.8 Å². The van der Waals surface area contributed by atoms with Crippen LogP contribution in [0.3, 0.4) is 0 Å². The highest BCUT2D eigenvalue weighted by Crippen LogP contribution is 2.35. The third kappa shape index (κ3) is 3.59. The Morgan fingerprint density at radius 2 is 2.13 bits per heavy atom. The minimum Gasteiger partial charge on any atom is -0.383 e. The molecular formula is C20H19ClN8O2. The number of aryl methyl sites for hydroxylation is 1. The molecule has 11 heteroatoms. The zero-order chi connectivity index (χ0) is 21.5. The lowest BCUT2D eigenvalue weighted by atomic mass is 10.2. The fraction of sp³-hybridized carbons (Fsp3) is 0.300. The maximum absolute atomic E-state index is 13.1. The third-order valence-electron chi connectivity index (χ3n) is 5.13. The zero-order valence-corrected chi connectivity index (χ0v) is 17.4. The summed E-state index contributed by atoms with van der Waals surface area (Å²) in [5.41, 5.74) is 7.00. The zero-order valence-electron chi connectivity index (χ0n) is 16.7. The van der Waals surface area contributed by atoms with Crippen molar-refractivity contribution in [2.75, 3.05) is 17.6 Å². The number of halogens is 1. The Morgan fingerprint density at radius 1 is 1.29 bits per heavy atom. The van der Waals surface area contributed by atoms with Gasteiger partial charge in [-0.25, -0.2) is 15.0 Å². The van der Waals surface area contributed by atoms with Crippen LogP contribution in [0.1, 0.15) is 30.6 Å². The topological polar surface area (TPSA) is 138 Å². The first-order chi connectivity index (χ1) is 15.0. The summed E-state index contributed by atoms with van der Waals surface area (Å²) in [5.74, 6) is 2.15. The van der Waals surface area contributed by atoms with Crippen LogP contribution in [0, 0.1) is 6.92 Å². The minimum absolute atomic E-state index is 0.0951. The van der Waals surface area contributed by atoms with Gasteiger partial charge in [0.1, 0.15) is 29.4 Å². The molecule has 3 N–H and O–H groups in total. The van der Waals surface area contributed by atoms with Gasteiger partial charge in [-0.05, 0) is 25.0 Å². The van der Waals surface area contributed by atoms with Crippen LogP contribution in [0.4, 0.5) is 11.6 Å². The highest BCUT2D eigenvalue weighted by atomic mass is 35.5. The standard InChI is InChI=1S/C20H19ClN8O2/c1-10-26-19(28-31-10)16-17(22)24-9-25-18(16)23-8-7-14-27-13-4-2-3-12(21)15(13)20(30)29(14)11-5-6-11/h2-4,9,11H,5-8H2,1H3,(H3,22,23,24,25). The highest BCUT2D eigenvalue weighted by molar-refractivity contribution is 6.35. The molecule has 0 amide bonds.